The van der Waals surface area contributed by atoms with Gasteiger partial charge in [-0.2, -0.15) is 13.6 Å². The number of aliphatic hydroxyl groups is 1. The van der Waals surface area contributed by atoms with Crippen molar-refractivity contribution in [3.05, 3.63) is 22.1 Å². The number of fused-ring (bicyclic) bond motifs is 1. The monoisotopic (exact) mass is 925 g/mol. The molecule has 0 aliphatic carbocycles. The Kier molecular flexibility index (Phi) is 17.1. The van der Waals surface area contributed by atoms with Crippen LogP contribution in [0.3, 0.4) is 0 Å². The van der Waals surface area contributed by atoms with Gasteiger partial charge in [0.15, 0.2) is 5.65 Å². The van der Waals surface area contributed by atoms with E-state index in [2.05, 4.69) is 50.9 Å². The third kappa shape index (κ3) is 15.5. The number of ether oxygens (including phenoxy) is 1. The third-order valence-corrected chi connectivity index (χ3v) is 11.6. The van der Waals surface area contributed by atoms with E-state index in [0.29, 0.717) is 49.6 Å². The Morgan fingerprint density at radius 2 is 1.66 bits per heavy atom. The highest BCUT2D eigenvalue weighted by Gasteiger charge is 2.43. The predicted molar refractivity (Wildman–Crippen MR) is 192 cm³/mol. The van der Waals surface area contributed by atoms with Gasteiger partial charge in [-0.05, 0) is 19.3 Å². The fraction of sp³-hybridized carbons (Fsp3) is 0.577. The molecule has 1 aliphatic rings. The molecule has 3 rings (SSSR count). The summed E-state index contributed by atoms with van der Waals surface area (Å²) in [4.78, 5) is 91.0. The number of carbonyl (C=O) groups excluding carboxylic acids is 3. The number of amides is 3. The zero-order chi connectivity index (χ0) is 39.4. The van der Waals surface area contributed by atoms with Crippen molar-refractivity contribution in [1.82, 2.24) is 30.5 Å². The third-order valence-electron chi connectivity index (χ3n) is 7.06. The number of nitrogens with one attached hydrogen (secondary N) is 4. The van der Waals surface area contributed by atoms with E-state index in [9.17, 15) is 47.8 Å². The molecule has 5 atom stereocenters. The number of anilines is 1. The number of phosphoric acid groups is 3. The number of carbonyl (C=O) groups is 3. The summed E-state index contributed by atoms with van der Waals surface area (Å²) in [7, 11) is -16.8. The highest BCUT2D eigenvalue weighted by atomic mass is 127. The summed E-state index contributed by atoms with van der Waals surface area (Å²) in [6.07, 6.45) is 0.405. The number of nitrogens with two attached hydrogens (primary N) is 1. The maximum absolute atomic E-state index is 12.8. The van der Waals surface area contributed by atoms with Crippen LogP contribution in [-0.2, 0) is 46.0 Å². The predicted octanol–water partition coefficient (Wildman–Crippen LogP) is -0.226. The Hall–Kier alpha value is -2.75. The van der Waals surface area contributed by atoms with Crippen molar-refractivity contribution < 1.29 is 70.6 Å². The summed E-state index contributed by atoms with van der Waals surface area (Å²) in [5, 5.41) is 18.7. The molecule has 0 aromatic carbocycles. The largest absolute Gasteiger partial charge is 0.490 e. The summed E-state index contributed by atoms with van der Waals surface area (Å²) >= 11 is 1.95. The lowest BCUT2D eigenvalue weighted by Crippen LogP contribution is -2.28. The number of hydrogen-bond donors (Lipinski definition) is 10. The van der Waals surface area contributed by atoms with Crippen molar-refractivity contribution in [3.63, 3.8) is 0 Å². The van der Waals surface area contributed by atoms with Crippen LogP contribution in [0.25, 0.3) is 11.0 Å². The lowest BCUT2D eigenvalue weighted by atomic mass is 10.2. The molecule has 53 heavy (non-hydrogen) atoms. The number of aliphatic hydroxyl groups excluding tert-OH is 1. The summed E-state index contributed by atoms with van der Waals surface area (Å²) in [6.45, 7) is -0.0819. The maximum atomic E-state index is 12.8. The molecule has 0 saturated carbocycles. The van der Waals surface area contributed by atoms with Crippen molar-refractivity contribution in [3.8, 4) is 11.8 Å². The first-order valence-corrected chi connectivity index (χ1v) is 21.7. The van der Waals surface area contributed by atoms with Crippen LogP contribution in [0.2, 0.25) is 0 Å². The van der Waals surface area contributed by atoms with E-state index in [0.717, 1.165) is 0 Å². The SMILES string of the molecule is Nc1nc2c(c(C#CCNC(=O)CCCCCNC(=O)CCCNC(=O)CI)cn2[C@H]2CC(O)[C@@H](COP(=O)(O)OP(=O)(O)OP(=O)(O)O)O2)c(=O)[nH]1. The van der Waals surface area contributed by atoms with E-state index < -0.39 is 54.1 Å². The van der Waals surface area contributed by atoms with Crippen LogP contribution in [0.1, 0.15) is 56.7 Å². The van der Waals surface area contributed by atoms with Crippen LogP contribution < -0.4 is 27.2 Å². The standard InChI is InChI=1S/C26H39IN7O16P3/c27-13-21(38)31-11-5-8-20(37)29-9-3-1-2-7-19(36)30-10-4-6-16-14-34(24-23(16)25(39)33-26(28)32-24)22-12-17(35)18(48-22)15-47-52(43,44)50-53(45,46)49-51(40,41)42/h14,17-18,22,35H,1-3,5,7-13,15H2,(H,29,37)(H,30,36)(H,31,38)(H,43,44)(H,45,46)(H2,40,41,42)(H3,28,32,33,39)/t17?,18-,22-/m1/s1. The molecular formula is C26H39IN7O16P3. The lowest BCUT2D eigenvalue weighted by molar-refractivity contribution is -0.122. The quantitative estimate of drug-likeness (QED) is 0.0270. The van der Waals surface area contributed by atoms with E-state index >= 15 is 0 Å². The van der Waals surface area contributed by atoms with E-state index in [1.807, 2.05) is 22.6 Å². The number of unbranched alkanes of at least 4 members (excludes halogenated alkanes) is 2. The van der Waals surface area contributed by atoms with Crippen LogP contribution in [0.5, 0.6) is 0 Å². The van der Waals surface area contributed by atoms with E-state index in [4.69, 9.17) is 20.3 Å². The Labute approximate surface area is 314 Å². The molecule has 2 aromatic heterocycles. The normalized spacial score (nSPS) is 19.5. The fourth-order valence-corrected chi connectivity index (χ4v) is 8.09. The van der Waals surface area contributed by atoms with Crippen LogP contribution >= 0.6 is 46.1 Å². The van der Waals surface area contributed by atoms with Crippen LogP contribution in [0.4, 0.5) is 5.95 Å². The summed E-state index contributed by atoms with van der Waals surface area (Å²) in [6, 6.07) is 0. The molecule has 23 nitrogen and oxygen atoms in total. The van der Waals surface area contributed by atoms with Gasteiger partial charge in [-0.3, -0.25) is 28.7 Å². The van der Waals surface area contributed by atoms with Crippen molar-refractivity contribution >= 4 is 80.8 Å². The number of alkyl halides is 1. The summed E-state index contributed by atoms with van der Waals surface area (Å²) < 4.78 is 53.7. The van der Waals surface area contributed by atoms with E-state index in [1.54, 1.807) is 0 Å². The number of hydrogen-bond acceptors (Lipinski definition) is 14. The molecule has 2 aromatic rings. The topological polar surface area (TPSA) is 353 Å². The number of aromatic amines is 1. The minimum absolute atomic E-state index is 0.00159. The smallest absolute Gasteiger partial charge is 0.390 e. The molecular weight excluding hydrogens is 886 g/mol. The van der Waals surface area contributed by atoms with Crippen molar-refractivity contribution in [2.75, 3.05) is 36.4 Å². The van der Waals surface area contributed by atoms with Gasteiger partial charge < -0.3 is 55.7 Å². The van der Waals surface area contributed by atoms with Gasteiger partial charge >= 0.3 is 23.5 Å². The average Bonchev–Trinajstić information content (AvgIpc) is 3.59. The number of H-pyrrole nitrogens is 1. The van der Waals surface area contributed by atoms with Gasteiger partial charge in [0.05, 0.1) is 34.6 Å². The van der Waals surface area contributed by atoms with Gasteiger partial charge in [0.1, 0.15) is 12.3 Å². The van der Waals surface area contributed by atoms with Crippen LogP contribution in [-0.4, -0.2) is 99.8 Å². The fourth-order valence-electron chi connectivity index (χ4n) is 4.79. The molecule has 11 N–H and O–H groups in total. The number of rotatable bonds is 20. The van der Waals surface area contributed by atoms with Gasteiger partial charge in [0.25, 0.3) is 5.56 Å². The second-order valence-electron chi connectivity index (χ2n) is 11.2. The lowest BCUT2D eigenvalue weighted by Gasteiger charge is -2.19. The average molecular weight is 925 g/mol. The Morgan fingerprint density at radius 1 is 1.00 bits per heavy atom. The second-order valence-corrected chi connectivity index (χ2v) is 16.4. The molecule has 0 bridgehead atoms. The summed E-state index contributed by atoms with van der Waals surface area (Å²) in [5.74, 6) is 4.82. The zero-order valence-corrected chi connectivity index (χ0v) is 32.6. The number of nitrogens with zero attached hydrogens (tertiary/aromatic N) is 2. The Balaban J connectivity index is 1.51. The molecule has 1 fully saturated rings. The van der Waals surface area contributed by atoms with Crippen LogP contribution in [0.15, 0.2) is 11.0 Å². The molecule has 296 valence electrons. The highest BCUT2D eigenvalue weighted by molar-refractivity contribution is 14.1. The molecule has 1 saturated heterocycles. The second kappa shape index (κ2) is 20.2. The Morgan fingerprint density at radius 3 is 2.36 bits per heavy atom. The Bertz CT molecular complexity index is 1890. The first kappa shape index (κ1) is 44.6. The number of aromatic nitrogens is 3. The van der Waals surface area contributed by atoms with Gasteiger partial charge in [0.2, 0.25) is 23.7 Å². The first-order chi connectivity index (χ1) is 24.8. The van der Waals surface area contributed by atoms with E-state index in [-0.39, 0.29) is 59.7 Å². The molecule has 1 aliphatic heterocycles. The van der Waals surface area contributed by atoms with Gasteiger partial charge in [-0.15, -0.1) is 0 Å². The van der Waals surface area contributed by atoms with Gasteiger partial charge in [0, 0.05) is 38.5 Å². The van der Waals surface area contributed by atoms with Gasteiger partial charge in [-0.1, -0.05) is 40.9 Å². The minimum atomic E-state index is -5.76. The summed E-state index contributed by atoms with van der Waals surface area (Å²) in [5.41, 5.74) is 5.24. The number of phosphoric ester groups is 1. The minimum Gasteiger partial charge on any atom is -0.390 e. The van der Waals surface area contributed by atoms with Crippen molar-refractivity contribution in [2.24, 2.45) is 0 Å². The number of nitrogen functional groups attached to an aromatic ring is 1. The molecule has 3 heterocycles. The van der Waals surface area contributed by atoms with Gasteiger partial charge in [-0.25, -0.2) is 13.7 Å². The first-order valence-electron chi connectivity index (χ1n) is 15.7. The number of halogens is 1. The van der Waals surface area contributed by atoms with Crippen molar-refractivity contribution in [1.29, 1.82) is 0 Å². The van der Waals surface area contributed by atoms with Crippen LogP contribution in [0, 0.1) is 11.8 Å². The highest BCUT2D eigenvalue weighted by Crippen LogP contribution is 2.66. The molecule has 0 radical (unpaired) electrons. The van der Waals surface area contributed by atoms with Crippen molar-refractivity contribution in [2.45, 2.75) is 63.4 Å². The zero-order valence-electron chi connectivity index (χ0n) is 27.7. The maximum Gasteiger partial charge on any atom is 0.490 e. The molecule has 3 unspecified atom stereocenters. The molecule has 0 spiro atoms. The molecule has 27 heteroatoms. The van der Waals surface area contributed by atoms with E-state index in [1.165, 1.54) is 10.8 Å². The molecule has 3 amide bonds.